The largest absolute Gasteiger partial charge is 0.465 e. The number of nitrogens with zero attached hydrogens (tertiary/aromatic N) is 5. The van der Waals surface area contributed by atoms with Gasteiger partial charge in [0.1, 0.15) is 23.4 Å². The van der Waals surface area contributed by atoms with Crippen LogP contribution in [-0.4, -0.2) is 59.4 Å². The lowest BCUT2D eigenvalue weighted by Gasteiger charge is -2.23. The highest BCUT2D eigenvalue weighted by Gasteiger charge is 2.19. The van der Waals surface area contributed by atoms with Gasteiger partial charge in [-0.25, -0.2) is 19.7 Å². The van der Waals surface area contributed by atoms with Crippen molar-refractivity contribution in [3.63, 3.8) is 0 Å². The fourth-order valence-corrected chi connectivity index (χ4v) is 4.61. The molecule has 37 heavy (non-hydrogen) atoms. The zero-order valence-corrected chi connectivity index (χ0v) is 19.5. The molecule has 0 bridgehead atoms. The number of nitrogens with two attached hydrogens (primary N) is 1. The Labute approximate surface area is 210 Å². The van der Waals surface area contributed by atoms with Crippen molar-refractivity contribution in [1.82, 2.24) is 29.2 Å². The number of carbonyl (C=O) groups is 2. The minimum Gasteiger partial charge on any atom is -0.465 e. The van der Waals surface area contributed by atoms with Crippen LogP contribution >= 0.6 is 0 Å². The van der Waals surface area contributed by atoms with E-state index in [0.717, 1.165) is 33.7 Å². The number of benzene rings is 1. The highest BCUT2D eigenvalue weighted by molar-refractivity contribution is 5.99. The molecule has 0 fully saturated rings. The Morgan fingerprint density at radius 1 is 1.11 bits per heavy atom. The van der Waals surface area contributed by atoms with Crippen molar-refractivity contribution >= 4 is 45.8 Å². The molecule has 5 heterocycles. The lowest BCUT2D eigenvalue weighted by molar-refractivity contribution is 0.100. The predicted molar refractivity (Wildman–Crippen MR) is 139 cm³/mol. The Morgan fingerprint density at radius 3 is 2.76 bits per heavy atom. The number of pyridine rings is 1. The van der Waals surface area contributed by atoms with E-state index in [0.29, 0.717) is 42.1 Å². The molecule has 0 saturated carbocycles. The molecule has 1 aliphatic rings. The molecule has 0 unspecified atom stereocenters. The zero-order chi connectivity index (χ0) is 25.5. The molecule has 0 atom stereocenters. The van der Waals surface area contributed by atoms with Gasteiger partial charge in [-0.1, -0.05) is 24.3 Å². The van der Waals surface area contributed by atoms with E-state index in [-0.39, 0.29) is 0 Å². The molecular formula is C26H22N8O3. The Bertz CT molecular complexity index is 1720. The van der Waals surface area contributed by atoms with Crippen molar-refractivity contribution in [3.05, 3.63) is 78.5 Å². The number of nitrogens with one attached hydrogen (secondary N) is 2. The predicted octanol–water partition coefficient (Wildman–Crippen LogP) is 3.88. The van der Waals surface area contributed by atoms with Crippen molar-refractivity contribution in [2.45, 2.75) is 6.42 Å². The molecule has 0 saturated heterocycles. The number of imidazole rings is 1. The molecule has 11 nitrogen and oxygen atoms in total. The van der Waals surface area contributed by atoms with Gasteiger partial charge in [0, 0.05) is 36.1 Å². The van der Waals surface area contributed by atoms with Crippen LogP contribution in [0.1, 0.15) is 22.5 Å². The smallest absolute Gasteiger partial charge is 0.407 e. The minimum absolute atomic E-state index is 0.350. The topological polar surface area (TPSA) is 155 Å². The molecule has 1 aromatic carbocycles. The highest BCUT2D eigenvalue weighted by atomic mass is 16.4. The number of anilines is 2. The molecule has 184 valence electrons. The van der Waals surface area contributed by atoms with E-state index in [4.69, 9.17) is 5.73 Å². The Hall–Kier alpha value is -5.19. The number of aromatic amines is 1. The molecule has 6 rings (SSSR count). The Kier molecular flexibility index (Phi) is 5.29. The van der Waals surface area contributed by atoms with Gasteiger partial charge in [-0.15, -0.1) is 0 Å². The highest BCUT2D eigenvalue weighted by Crippen LogP contribution is 2.30. The van der Waals surface area contributed by atoms with Crippen molar-refractivity contribution in [3.8, 4) is 11.3 Å². The van der Waals surface area contributed by atoms with Gasteiger partial charge in [0.05, 0.1) is 23.0 Å². The summed E-state index contributed by atoms with van der Waals surface area (Å²) in [5, 5.41) is 13.4. The van der Waals surface area contributed by atoms with Crippen LogP contribution in [0, 0.1) is 0 Å². The standard InChI is InChI=1S/C26H22N8O3/c27-23(35)18-4-2-1-3-17(18)21-12-28-22-6-5-16(13-34(21)22)31-24-19-11-20(32-25(19)30-14-29-24)15-7-9-33(10-8-15)26(36)37/h1-7,11-14H,8-10H2,(H2,27,35)(H,36,37)(H2,29,30,31,32). The summed E-state index contributed by atoms with van der Waals surface area (Å²) in [4.78, 5) is 41.2. The molecule has 1 aliphatic heterocycles. The fraction of sp³-hybridized carbons (Fsp3) is 0.115. The maximum absolute atomic E-state index is 12.0. The van der Waals surface area contributed by atoms with Gasteiger partial charge in [-0.2, -0.15) is 0 Å². The first kappa shape index (κ1) is 22.3. The summed E-state index contributed by atoms with van der Waals surface area (Å²) in [7, 11) is 0. The molecule has 0 radical (unpaired) electrons. The van der Waals surface area contributed by atoms with E-state index in [1.807, 2.05) is 47.0 Å². The third-order valence-electron chi connectivity index (χ3n) is 6.49. The van der Waals surface area contributed by atoms with Crippen LogP contribution in [0.3, 0.4) is 0 Å². The first-order valence-corrected chi connectivity index (χ1v) is 11.6. The number of hydrogen-bond donors (Lipinski definition) is 4. The van der Waals surface area contributed by atoms with Crippen LogP contribution in [-0.2, 0) is 0 Å². The second kappa shape index (κ2) is 8.79. The number of aromatic nitrogens is 5. The molecule has 5 aromatic rings. The van der Waals surface area contributed by atoms with Crippen molar-refractivity contribution < 1.29 is 14.7 Å². The summed E-state index contributed by atoms with van der Waals surface area (Å²) < 4.78 is 1.89. The van der Waals surface area contributed by atoms with E-state index in [2.05, 4.69) is 25.3 Å². The van der Waals surface area contributed by atoms with Gasteiger partial charge in [-0.05, 0) is 36.3 Å². The molecule has 0 spiro atoms. The SMILES string of the molecule is NC(=O)c1ccccc1-c1cnc2ccc(Nc3ncnc4[nH]c(C5=CCN(C(=O)O)CC5)cc34)cn12. The van der Waals surface area contributed by atoms with Crippen molar-refractivity contribution in [2.24, 2.45) is 5.73 Å². The first-order chi connectivity index (χ1) is 18.0. The maximum atomic E-state index is 12.0. The molecular weight excluding hydrogens is 472 g/mol. The van der Waals surface area contributed by atoms with Gasteiger partial charge in [-0.3, -0.25) is 9.20 Å². The normalized spacial score (nSPS) is 13.6. The van der Waals surface area contributed by atoms with E-state index in [1.165, 1.54) is 11.2 Å². The number of primary amides is 1. The number of hydrogen-bond acceptors (Lipinski definition) is 6. The summed E-state index contributed by atoms with van der Waals surface area (Å²) in [5.41, 5.74) is 11.5. The van der Waals surface area contributed by atoms with E-state index in [9.17, 15) is 14.7 Å². The maximum Gasteiger partial charge on any atom is 0.407 e. The fourth-order valence-electron chi connectivity index (χ4n) is 4.61. The van der Waals surface area contributed by atoms with Crippen LogP contribution in [0.25, 0.3) is 33.5 Å². The summed E-state index contributed by atoms with van der Waals surface area (Å²) in [6.07, 6.45) is 6.70. The van der Waals surface area contributed by atoms with Gasteiger partial charge in [0.15, 0.2) is 0 Å². The van der Waals surface area contributed by atoms with E-state index in [1.54, 1.807) is 18.3 Å². The monoisotopic (exact) mass is 494 g/mol. The quantitative estimate of drug-likeness (QED) is 0.289. The molecule has 5 N–H and O–H groups in total. The molecule has 0 aliphatic carbocycles. The van der Waals surface area contributed by atoms with Crippen LogP contribution in [0.5, 0.6) is 0 Å². The van der Waals surface area contributed by atoms with Crippen LogP contribution in [0.15, 0.2) is 67.3 Å². The molecule has 4 aromatic heterocycles. The zero-order valence-electron chi connectivity index (χ0n) is 19.5. The third kappa shape index (κ3) is 4.01. The summed E-state index contributed by atoms with van der Waals surface area (Å²) >= 11 is 0. The summed E-state index contributed by atoms with van der Waals surface area (Å²) in [6.45, 7) is 0.794. The van der Waals surface area contributed by atoms with Crippen LogP contribution < -0.4 is 11.1 Å². The lowest BCUT2D eigenvalue weighted by Crippen LogP contribution is -2.33. The lowest BCUT2D eigenvalue weighted by atomic mass is 10.0. The number of carbonyl (C=O) groups excluding carboxylic acids is 1. The summed E-state index contributed by atoms with van der Waals surface area (Å²) in [5.74, 6) is 0.116. The second-order valence-electron chi connectivity index (χ2n) is 8.70. The van der Waals surface area contributed by atoms with Gasteiger partial charge < -0.3 is 26.0 Å². The Balaban J connectivity index is 1.34. The van der Waals surface area contributed by atoms with Crippen LogP contribution in [0.4, 0.5) is 16.3 Å². The second-order valence-corrected chi connectivity index (χ2v) is 8.70. The third-order valence-corrected chi connectivity index (χ3v) is 6.49. The Morgan fingerprint density at radius 2 is 1.97 bits per heavy atom. The van der Waals surface area contributed by atoms with E-state index < -0.39 is 12.0 Å². The number of H-pyrrole nitrogens is 1. The number of carboxylic acid groups (broad SMARTS) is 1. The average Bonchev–Trinajstić information content (AvgIpc) is 3.53. The van der Waals surface area contributed by atoms with E-state index >= 15 is 0 Å². The van der Waals surface area contributed by atoms with Gasteiger partial charge in [0.2, 0.25) is 5.91 Å². The average molecular weight is 495 g/mol. The summed E-state index contributed by atoms with van der Waals surface area (Å²) in [6, 6.07) is 12.9. The molecule has 11 heteroatoms. The minimum atomic E-state index is -0.916. The number of fused-ring (bicyclic) bond motifs is 2. The first-order valence-electron chi connectivity index (χ1n) is 11.6. The van der Waals surface area contributed by atoms with Crippen molar-refractivity contribution in [2.75, 3.05) is 18.4 Å². The van der Waals surface area contributed by atoms with Crippen LogP contribution in [0.2, 0.25) is 0 Å². The number of rotatable bonds is 5. The van der Waals surface area contributed by atoms with Crippen molar-refractivity contribution in [1.29, 1.82) is 0 Å². The number of amides is 2. The van der Waals surface area contributed by atoms with Gasteiger partial charge in [0.25, 0.3) is 0 Å². The van der Waals surface area contributed by atoms with Gasteiger partial charge >= 0.3 is 6.09 Å². The molecule has 2 amide bonds.